The van der Waals surface area contributed by atoms with Crippen LogP contribution >= 0.6 is 11.8 Å². The molecule has 21 heavy (non-hydrogen) atoms. The number of hydrogen-bond acceptors (Lipinski definition) is 5. The van der Waals surface area contributed by atoms with E-state index in [0.717, 1.165) is 16.3 Å². The third kappa shape index (κ3) is 4.53. The van der Waals surface area contributed by atoms with E-state index < -0.39 is 0 Å². The maximum absolute atomic E-state index is 12.1. The molecule has 6 heteroatoms. The van der Waals surface area contributed by atoms with Crippen LogP contribution in [0, 0.1) is 6.92 Å². The van der Waals surface area contributed by atoms with Crippen LogP contribution in [0.15, 0.2) is 39.8 Å². The number of carbonyl (C=O) groups is 1. The van der Waals surface area contributed by atoms with Gasteiger partial charge in [-0.25, -0.2) is 0 Å². The number of hydrogen-bond donors (Lipinski definition) is 0. The fraction of sp³-hybridized carbons (Fsp3) is 0.333. The van der Waals surface area contributed by atoms with Crippen molar-refractivity contribution in [3.8, 4) is 5.75 Å². The Bertz CT molecular complexity index is 612. The highest BCUT2D eigenvalue weighted by Crippen LogP contribution is 2.23. The highest BCUT2D eigenvalue weighted by atomic mass is 32.2. The molecule has 0 N–H and O–H groups in total. The lowest BCUT2D eigenvalue weighted by Crippen LogP contribution is -2.27. The van der Waals surface area contributed by atoms with E-state index in [-0.39, 0.29) is 5.91 Å². The van der Waals surface area contributed by atoms with Gasteiger partial charge in [0.1, 0.15) is 5.75 Å². The van der Waals surface area contributed by atoms with Gasteiger partial charge in [0.25, 0.3) is 0 Å². The van der Waals surface area contributed by atoms with Crippen LogP contribution in [-0.4, -0.2) is 35.9 Å². The molecule has 1 aromatic heterocycles. The minimum atomic E-state index is 0.0388. The van der Waals surface area contributed by atoms with Gasteiger partial charge in [-0.1, -0.05) is 11.2 Å². The molecule has 0 aliphatic rings. The summed E-state index contributed by atoms with van der Waals surface area (Å²) in [5.41, 5.74) is 0.816. The molecule has 1 aromatic carbocycles. The number of thioether (sulfide) groups is 1. The number of aryl methyl sites for hydroxylation is 1. The van der Waals surface area contributed by atoms with E-state index in [9.17, 15) is 4.79 Å². The average Bonchev–Trinajstić information content (AvgIpc) is 2.90. The summed E-state index contributed by atoms with van der Waals surface area (Å²) >= 11 is 1.48. The van der Waals surface area contributed by atoms with Crippen molar-refractivity contribution in [3.05, 3.63) is 41.8 Å². The number of methoxy groups -OCH3 is 1. The maximum atomic E-state index is 12.1. The zero-order valence-electron chi connectivity index (χ0n) is 12.3. The second-order valence-corrected chi connectivity index (χ2v) is 5.70. The molecular weight excluding hydrogens is 288 g/mol. The van der Waals surface area contributed by atoms with E-state index in [0.29, 0.717) is 18.1 Å². The molecule has 2 aromatic rings. The molecule has 0 aliphatic carbocycles. The number of carbonyl (C=O) groups excluding carboxylic acids is 1. The largest absolute Gasteiger partial charge is 0.497 e. The van der Waals surface area contributed by atoms with Gasteiger partial charge < -0.3 is 14.2 Å². The van der Waals surface area contributed by atoms with Gasteiger partial charge in [-0.3, -0.25) is 4.79 Å². The van der Waals surface area contributed by atoms with Gasteiger partial charge in [0.2, 0.25) is 5.91 Å². The van der Waals surface area contributed by atoms with E-state index in [1.807, 2.05) is 37.3 Å². The van der Waals surface area contributed by atoms with Gasteiger partial charge in [-0.15, -0.1) is 11.8 Å². The van der Waals surface area contributed by atoms with Crippen LogP contribution in [0.5, 0.6) is 5.75 Å². The van der Waals surface area contributed by atoms with Gasteiger partial charge in [0.05, 0.1) is 25.1 Å². The summed E-state index contributed by atoms with van der Waals surface area (Å²) in [5, 5.41) is 3.81. The Labute approximate surface area is 128 Å². The predicted molar refractivity (Wildman–Crippen MR) is 81.4 cm³/mol. The molecule has 0 saturated heterocycles. The molecule has 0 unspecified atom stereocenters. The van der Waals surface area contributed by atoms with Crippen LogP contribution in [0.25, 0.3) is 0 Å². The SMILES string of the molecule is COc1cccc(SCC(=O)N(C)Cc2cc(C)no2)c1. The van der Waals surface area contributed by atoms with Crippen molar-refractivity contribution in [1.82, 2.24) is 10.1 Å². The lowest BCUT2D eigenvalue weighted by molar-refractivity contribution is -0.127. The third-order valence-electron chi connectivity index (χ3n) is 2.90. The lowest BCUT2D eigenvalue weighted by atomic mass is 10.3. The predicted octanol–water partition coefficient (Wildman–Crippen LogP) is 2.74. The summed E-state index contributed by atoms with van der Waals surface area (Å²) in [6.07, 6.45) is 0. The standard InChI is InChI=1S/C15H18N2O3S/c1-11-7-13(20-16-11)9-17(2)15(18)10-21-14-6-4-5-12(8-14)19-3/h4-8H,9-10H2,1-3H3. The highest BCUT2D eigenvalue weighted by molar-refractivity contribution is 8.00. The first-order chi connectivity index (χ1) is 10.1. The highest BCUT2D eigenvalue weighted by Gasteiger charge is 2.12. The lowest BCUT2D eigenvalue weighted by Gasteiger charge is -2.15. The fourth-order valence-electron chi connectivity index (χ4n) is 1.76. The summed E-state index contributed by atoms with van der Waals surface area (Å²) in [7, 11) is 3.38. The Balaban J connectivity index is 1.85. The fourth-order valence-corrected chi connectivity index (χ4v) is 2.64. The molecule has 2 rings (SSSR count). The second-order valence-electron chi connectivity index (χ2n) is 4.65. The Morgan fingerprint density at radius 1 is 1.43 bits per heavy atom. The zero-order valence-corrected chi connectivity index (χ0v) is 13.1. The van der Waals surface area contributed by atoms with E-state index in [4.69, 9.17) is 9.26 Å². The van der Waals surface area contributed by atoms with E-state index in [1.54, 1.807) is 19.1 Å². The molecule has 0 atom stereocenters. The molecule has 5 nitrogen and oxygen atoms in total. The normalized spacial score (nSPS) is 10.4. The first-order valence-corrected chi connectivity index (χ1v) is 7.50. The molecule has 1 heterocycles. The van der Waals surface area contributed by atoms with Gasteiger partial charge in [-0.2, -0.15) is 0 Å². The topological polar surface area (TPSA) is 55.6 Å². The van der Waals surface area contributed by atoms with Crippen molar-refractivity contribution in [2.75, 3.05) is 19.9 Å². The molecule has 1 amide bonds. The molecule has 0 spiro atoms. The summed E-state index contributed by atoms with van der Waals surface area (Å²) in [6, 6.07) is 9.49. The van der Waals surface area contributed by atoms with Crippen LogP contribution in [0.4, 0.5) is 0 Å². The molecule has 112 valence electrons. The van der Waals surface area contributed by atoms with Crippen LogP contribution in [0.3, 0.4) is 0 Å². The Hall–Kier alpha value is -1.95. The van der Waals surface area contributed by atoms with Gasteiger partial charge in [0.15, 0.2) is 5.76 Å². The first kappa shape index (κ1) is 15.4. The smallest absolute Gasteiger partial charge is 0.233 e. The Morgan fingerprint density at radius 3 is 2.90 bits per heavy atom. The minimum absolute atomic E-state index is 0.0388. The summed E-state index contributed by atoms with van der Waals surface area (Å²) in [5.74, 6) is 1.89. The number of aromatic nitrogens is 1. The third-order valence-corrected chi connectivity index (χ3v) is 3.88. The van der Waals surface area contributed by atoms with Crippen molar-refractivity contribution in [1.29, 1.82) is 0 Å². The van der Waals surface area contributed by atoms with Crippen LogP contribution < -0.4 is 4.74 Å². The number of benzene rings is 1. The van der Waals surface area contributed by atoms with Gasteiger partial charge in [0, 0.05) is 18.0 Å². The maximum Gasteiger partial charge on any atom is 0.233 e. The van der Waals surface area contributed by atoms with Crippen molar-refractivity contribution >= 4 is 17.7 Å². The number of amides is 1. The van der Waals surface area contributed by atoms with E-state index in [2.05, 4.69) is 5.16 Å². The van der Waals surface area contributed by atoms with Crippen LogP contribution in [0.1, 0.15) is 11.5 Å². The number of rotatable bonds is 6. The summed E-state index contributed by atoms with van der Waals surface area (Å²) in [6.45, 7) is 2.28. The first-order valence-electron chi connectivity index (χ1n) is 6.51. The van der Waals surface area contributed by atoms with E-state index in [1.165, 1.54) is 11.8 Å². The van der Waals surface area contributed by atoms with Crippen molar-refractivity contribution < 1.29 is 14.1 Å². The quantitative estimate of drug-likeness (QED) is 0.768. The van der Waals surface area contributed by atoms with E-state index >= 15 is 0 Å². The molecule has 0 bridgehead atoms. The molecule has 0 aliphatic heterocycles. The van der Waals surface area contributed by atoms with Gasteiger partial charge >= 0.3 is 0 Å². The molecule has 0 fully saturated rings. The Morgan fingerprint density at radius 2 is 2.24 bits per heavy atom. The average molecular weight is 306 g/mol. The zero-order chi connectivity index (χ0) is 15.2. The molecule has 0 radical (unpaired) electrons. The second kappa shape index (κ2) is 7.17. The van der Waals surface area contributed by atoms with Crippen molar-refractivity contribution in [3.63, 3.8) is 0 Å². The van der Waals surface area contributed by atoms with Crippen molar-refractivity contribution in [2.45, 2.75) is 18.4 Å². The number of nitrogens with zero attached hydrogens (tertiary/aromatic N) is 2. The minimum Gasteiger partial charge on any atom is -0.497 e. The van der Waals surface area contributed by atoms with Crippen LogP contribution in [0.2, 0.25) is 0 Å². The number of ether oxygens (including phenoxy) is 1. The van der Waals surface area contributed by atoms with Crippen LogP contribution in [-0.2, 0) is 11.3 Å². The van der Waals surface area contributed by atoms with Gasteiger partial charge in [-0.05, 0) is 25.1 Å². The van der Waals surface area contributed by atoms with Crippen molar-refractivity contribution in [2.24, 2.45) is 0 Å². The monoisotopic (exact) mass is 306 g/mol. The molecular formula is C15H18N2O3S. The Kier molecular flexibility index (Phi) is 5.27. The summed E-state index contributed by atoms with van der Waals surface area (Å²) in [4.78, 5) is 14.7. The molecule has 0 saturated carbocycles. The summed E-state index contributed by atoms with van der Waals surface area (Å²) < 4.78 is 10.3.